The summed E-state index contributed by atoms with van der Waals surface area (Å²) in [5, 5.41) is 3.41. The Kier molecular flexibility index (Phi) is 3.63. The van der Waals surface area contributed by atoms with Crippen molar-refractivity contribution in [3.8, 4) is 11.1 Å². The van der Waals surface area contributed by atoms with Crippen LogP contribution in [0.15, 0.2) is 30.5 Å². The third-order valence-electron chi connectivity index (χ3n) is 6.72. The molecule has 6 heteroatoms. The van der Waals surface area contributed by atoms with Crippen molar-refractivity contribution in [2.45, 2.75) is 38.3 Å². The van der Waals surface area contributed by atoms with E-state index >= 15 is 0 Å². The molecule has 144 valence electrons. The van der Waals surface area contributed by atoms with Crippen LogP contribution in [0.4, 0.5) is 11.5 Å². The van der Waals surface area contributed by atoms with Gasteiger partial charge in [-0.1, -0.05) is 12.5 Å². The van der Waals surface area contributed by atoms with Gasteiger partial charge in [-0.25, -0.2) is 9.97 Å². The number of hydrogen-bond acceptors (Lipinski definition) is 5. The van der Waals surface area contributed by atoms with Crippen molar-refractivity contribution in [2.24, 2.45) is 0 Å². The Morgan fingerprint density at radius 1 is 1.07 bits per heavy atom. The van der Waals surface area contributed by atoms with E-state index in [-0.39, 0.29) is 0 Å². The standard InChI is InChI=1S/C22H26N6/c1-26-14-24-19-12-16(13-23-22(19)26)15-5-6-20-18(11-15)25-21-7-8-27(9-10-28(20)21)17-3-2-4-17/h5-6,11-13,17,24H,2-4,7-10,14H2,1H3. The molecule has 0 unspecified atom stereocenters. The molecule has 3 aliphatic rings. The minimum absolute atomic E-state index is 0.816. The first-order valence-corrected chi connectivity index (χ1v) is 10.4. The first-order chi connectivity index (χ1) is 13.8. The molecule has 28 heavy (non-hydrogen) atoms. The van der Waals surface area contributed by atoms with E-state index in [4.69, 9.17) is 4.98 Å². The number of nitrogens with one attached hydrogen (secondary N) is 1. The summed E-state index contributed by atoms with van der Waals surface area (Å²) in [6.45, 7) is 4.17. The molecule has 6 rings (SSSR count). The lowest BCUT2D eigenvalue weighted by atomic mass is 9.91. The Balaban J connectivity index is 1.32. The van der Waals surface area contributed by atoms with Gasteiger partial charge in [-0.3, -0.25) is 4.90 Å². The van der Waals surface area contributed by atoms with Crippen molar-refractivity contribution in [1.29, 1.82) is 0 Å². The second-order valence-corrected chi connectivity index (χ2v) is 8.38. The monoisotopic (exact) mass is 374 g/mol. The average Bonchev–Trinajstić information content (AvgIpc) is 3.15. The molecule has 2 aromatic heterocycles. The van der Waals surface area contributed by atoms with E-state index < -0.39 is 0 Å². The quantitative estimate of drug-likeness (QED) is 0.746. The van der Waals surface area contributed by atoms with Gasteiger partial charge in [-0.2, -0.15) is 0 Å². The number of rotatable bonds is 2. The van der Waals surface area contributed by atoms with Crippen LogP contribution in [0.2, 0.25) is 0 Å². The molecule has 2 aliphatic heterocycles. The number of nitrogens with zero attached hydrogens (tertiary/aromatic N) is 5. The molecule has 0 spiro atoms. The van der Waals surface area contributed by atoms with Gasteiger partial charge in [-0.05, 0) is 36.6 Å². The Morgan fingerprint density at radius 3 is 2.86 bits per heavy atom. The van der Waals surface area contributed by atoms with E-state index in [2.05, 4.69) is 56.0 Å². The number of fused-ring (bicyclic) bond motifs is 4. The van der Waals surface area contributed by atoms with E-state index in [1.54, 1.807) is 0 Å². The summed E-state index contributed by atoms with van der Waals surface area (Å²) < 4.78 is 2.44. The van der Waals surface area contributed by atoms with E-state index in [0.717, 1.165) is 61.4 Å². The molecule has 1 aliphatic carbocycles. The molecule has 1 N–H and O–H groups in total. The highest BCUT2D eigenvalue weighted by atomic mass is 15.3. The molecule has 0 atom stereocenters. The SMILES string of the molecule is CN1CNc2cc(-c3ccc4c(c3)nc3n4CCN(C4CCC4)CC3)cnc21. The van der Waals surface area contributed by atoms with Gasteiger partial charge in [-0.15, -0.1) is 0 Å². The molecule has 1 aromatic carbocycles. The lowest BCUT2D eigenvalue weighted by molar-refractivity contribution is 0.130. The zero-order chi connectivity index (χ0) is 18.7. The van der Waals surface area contributed by atoms with Gasteiger partial charge in [0.25, 0.3) is 0 Å². The van der Waals surface area contributed by atoms with Crippen LogP contribution in [0.1, 0.15) is 25.1 Å². The van der Waals surface area contributed by atoms with Crippen molar-refractivity contribution < 1.29 is 0 Å². The Hall–Kier alpha value is -2.60. The summed E-state index contributed by atoms with van der Waals surface area (Å²) in [4.78, 5) is 14.5. The van der Waals surface area contributed by atoms with Gasteiger partial charge in [0.15, 0.2) is 5.82 Å². The number of imidazole rings is 1. The number of aromatic nitrogens is 3. The second kappa shape index (κ2) is 6.21. The summed E-state index contributed by atoms with van der Waals surface area (Å²) in [5.74, 6) is 2.26. The van der Waals surface area contributed by atoms with E-state index in [0.29, 0.717) is 0 Å². The summed E-state index contributed by atoms with van der Waals surface area (Å²) in [6, 6.07) is 9.70. The van der Waals surface area contributed by atoms with E-state index in [1.165, 1.54) is 36.2 Å². The first kappa shape index (κ1) is 16.4. The lowest BCUT2D eigenvalue weighted by Gasteiger charge is -2.36. The van der Waals surface area contributed by atoms with Crippen LogP contribution in [0.3, 0.4) is 0 Å². The summed E-state index contributed by atoms with van der Waals surface area (Å²) in [5.41, 5.74) is 5.81. The van der Waals surface area contributed by atoms with Gasteiger partial charge < -0.3 is 14.8 Å². The highest BCUT2D eigenvalue weighted by Crippen LogP contribution is 2.33. The molecular formula is C22H26N6. The first-order valence-electron chi connectivity index (χ1n) is 10.4. The molecule has 0 amide bonds. The van der Waals surface area contributed by atoms with Crippen LogP contribution < -0.4 is 10.2 Å². The molecule has 0 bridgehead atoms. The lowest BCUT2D eigenvalue weighted by Crippen LogP contribution is -2.41. The zero-order valence-corrected chi connectivity index (χ0v) is 16.4. The van der Waals surface area contributed by atoms with Crippen LogP contribution in [0, 0.1) is 0 Å². The normalized spacial score (nSPS) is 19.8. The molecule has 3 aromatic rings. The Bertz CT molecular complexity index is 1050. The predicted molar refractivity (Wildman–Crippen MR) is 113 cm³/mol. The van der Waals surface area contributed by atoms with Gasteiger partial charge in [0.2, 0.25) is 0 Å². The fraction of sp³-hybridized carbons (Fsp3) is 0.455. The van der Waals surface area contributed by atoms with Gasteiger partial charge in [0.1, 0.15) is 5.82 Å². The van der Waals surface area contributed by atoms with Crippen LogP contribution in [-0.2, 0) is 13.0 Å². The van der Waals surface area contributed by atoms with Gasteiger partial charge in [0, 0.05) is 50.9 Å². The minimum atomic E-state index is 0.816. The number of pyridine rings is 1. The maximum absolute atomic E-state index is 5.01. The summed E-state index contributed by atoms with van der Waals surface area (Å²) in [6.07, 6.45) is 7.19. The van der Waals surface area contributed by atoms with E-state index in [1.807, 2.05) is 6.20 Å². The maximum Gasteiger partial charge on any atom is 0.153 e. The molecule has 1 saturated carbocycles. The molecule has 0 saturated heterocycles. The van der Waals surface area contributed by atoms with Crippen LogP contribution >= 0.6 is 0 Å². The van der Waals surface area contributed by atoms with Gasteiger partial charge >= 0.3 is 0 Å². The Morgan fingerprint density at radius 2 is 2.00 bits per heavy atom. The number of anilines is 2. The largest absolute Gasteiger partial charge is 0.365 e. The van der Waals surface area contributed by atoms with Crippen molar-refractivity contribution in [3.05, 3.63) is 36.3 Å². The fourth-order valence-electron chi connectivity index (χ4n) is 4.83. The highest BCUT2D eigenvalue weighted by molar-refractivity contribution is 5.84. The minimum Gasteiger partial charge on any atom is -0.365 e. The molecule has 1 fully saturated rings. The van der Waals surface area contributed by atoms with Crippen molar-refractivity contribution >= 4 is 22.5 Å². The van der Waals surface area contributed by atoms with Crippen molar-refractivity contribution in [1.82, 2.24) is 19.4 Å². The second-order valence-electron chi connectivity index (χ2n) is 8.38. The number of benzene rings is 1. The average molecular weight is 374 g/mol. The zero-order valence-electron chi connectivity index (χ0n) is 16.4. The summed E-state index contributed by atoms with van der Waals surface area (Å²) in [7, 11) is 2.06. The van der Waals surface area contributed by atoms with Crippen molar-refractivity contribution in [2.75, 3.05) is 37.0 Å². The molecule has 0 radical (unpaired) electrons. The van der Waals surface area contributed by atoms with Crippen LogP contribution in [-0.4, -0.2) is 52.3 Å². The predicted octanol–water partition coefficient (Wildman–Crippen LogP) is 3.33. The topological polar surface area (TPSA) is 49.2 Å². The highest BCUT2D eigenvalue weighted by Gasteiger charge is 2.27. The number of hydrogen-bond donors (Lipinski definition) is 1. The van der Waals surface area contributed by atoms with E-state index in [9.17, 15) is 0 Å². The Labute approximate surface area is 165 Å². The molecule has 6 nitrogen and oxygen atoms in total. The molecule has 4 heterocycles. The smallest absolute Gasteiger partial charge is 0.153 e. The maximum atomic E-state index is 5.01. The van der Waals surface area contributed by atoms with Gasteiger partial charge in [0.05, 0.1) is 23.4 Å². The fourth-order valence-corrected chi connectivity index (χ4v) is 4.83. The molecular weight excluding hydrogens is 348 g/mol. The van der Waals surface area contributed by atoms with Crippen LogP contribution in [0.25, 0.3) is 22.2 Å². The third kappa shape index (κ3) is 2.51. The van der Waals surface area contributed by atoms with Crippen molar-refractivity contribution in [3.63, 3.8) is 0 Å². The third-order valence-corrected chi connectivity index (χ3v) is 6.72. The summed E-state index contributed by atoms with van der Waals surface area (Å²) >= 11 is 0. The van der Waals surface area contributed by atoms with Crippen LogP contribution in [0.5, 0.6) is 0 Å².